The van der Waals surface area contributed by atoms with Gasteiger partial charge in [-0.05, 0) is 32.9 Å². The van der Waals surface area contributed by atoms with Crippen LogP contribution in [0.5, 0.6) is 0 Å². The van der Waals surface area contributed by atoms with Crippen LogP contribution in [0.25, 0.3) is 0 Å². The molecule has 0 amide bonds. The zero-order valence-electron chi connectivity index (χ0n) is 13.6. The molecule has 7 nitrogen and oxygen atoms in total. The lowest BCUT2D eigenvalue weighted by Crippen LogP contribution is -2.35. The first-order valence-corrected chi connectivity index (χ1v) is 7.79. The second kappa shape index (κ2) is 7.40. The van der Waals surface area contributed by atoms with Crippen LogP contribution in [0.1, 0.15) is 26.7 Å². The summed E-state index contributed by atoms with van der Waals surface area (Å²) in [7, 11) is 3.87. The van der Waals surface area contributed by atoms with Gasteiger partial charge in [0.2, 0.25) is 17.8 Å². The van der Waals surface area contributed by atoms with Crippen LogP contribution in [-0.2, 0) is 0 Å². The first kappa shape index (κ1) is 15.8. The van der Waals surface area contributed by atoms with E-state index in [-0.39, 0.29) is 0 Å². The zero-order valence-corrected chi connectivity index (χ0v) is 13.6. The molecule has 1 unspecified atom stereocenters. The third-order valence-electron chi connectivity index (χ3n) is 3.76. The number of aromatic nitrogens is 3. The Labute approximate surface area is 127 Å². The van der Waals surface area contributed by atoms with Crippen molar-refractivity contribution in [1.82, 2.24) is 19.9 Å². The van der Waals surface area contributed by atoms with Crippen LogP contribution >= 0.6 is 0 Å². The van der Waals surface area contributed by atoms with Crippen LogP contribution in [0.3, 0.4) is 0 Å². The van der Waals surface area contributed by atoms with Gasteiger partial charge in [0, 0.05) is 33.2 Å². The number of nitrogens with one attached hydrogen (secondary N) is 2. The fourth-order valence-corrected chi connectivity index (χ4v) is 2.63. The van der Waals surface area contributed by atoms with E-state index in [4.69, 9.17) is 0 Å². The first-order chi connectivity index (χ1) is 10.1. The van der Waals surface area contributed by atoms with Crippen molar-refractivity contribution in [3.05, 3.63) is 0 Å². The molecular formula is C14H27N7. The third kappa shape index (κ3) is 4.17. The summed E-state index contributed by atoms with van der Waals surface area (Å²) >= 11 is 0. The van der Waals surface area contributed by atoms with E-state index < -0.39 is 0 Å². The van der Waals surface area contributed by atoms with Crippen LogP contribution in [0.2, 0.25) is 0 Å². The number of hydrogen-bond donors (Lipinski definition) is 2. The Bertz CT molecular complexity index is 449. The highest BCUT2D eigenvalue weighted by molar-refractivity contribution is 5.42. The molecule has 1 aliphatic rings. The maximum atomic E-state index is 4.46. The van der Waals surface area contributed by atoms with E-state index >= 15 is 0 Å². The first-order valence-electron chi connectivity index (χ1n) is 7.79. The molecule has 0 bridgehead atoms. The van der Waals surface area contributed by atoms with Gasteiger partial charge in [-0.25, -0.2) is 0 Å². The predicted molar refractivity (Wildman–Crippen MR) is 87.1 cm³/mol. The molecule has 2 rings (SSSR count). The lowest BCUT2D eigenvalue weighted by Gasteiger charge is -2.23. The maximum Gasteiger partial charge on any atom is 0.231 e. The molecule has 1 aliphatic heterocycles. The second-order valence-electron chi connectivity index (χ2n) is 5.51. The van der Waals surface area contributed by atoms with Crippen LogP contribution in [-0.4, -0.2) is 66.2 Å². The fourth-order valence-electron chi connectivity index (χ4n) is 2.63. The van der Waals surface area contributed by atoms with Crippen molar-refractivity contribution in [1.29, 1.82) is 0 Å². The Morgan fingerprint density at radius 3 is 2.48 bits per heavy atom. The van der Waals surface area contributed by atoms with Gasteiger partial charge in [-0.2, -0.15) is 15.0 Å². The van der Waals surface area contributed by atoms with Gasteiger partial charge in [-0.15, -0.1) is 0 Å². The summed E-state index contributed by atoms with van der Waals surface area (Å²) in [6.45, 7) is 8.23. The van der Waals surface area contributed by atoms with E-state index in [1.807, 2.05) is 25.9 Å². The topological polar surface area (TPSA) is 69.2 Å². The van der Waals surface area contributed by atoms with Gasteiger partial charge in [0.05, 0.1) is 0 Å². The summed E-state index contributed by atoms with van der Waals surface area (Å²) < 4.78 is 0. The van der Waals surface area contributed by atoms with Crippen LogP contribution < -0.4 is 15.5 Å². The highest BCUT2D eigenvalue weighted by Crippen LogP contribution is 2.17. The molecule has 2 heterocycles. The number of nitrogens with zero attached hydrogens (tertiary/aromatic N) is 5. The summed E-state index contributed by atoms with van der Waals surface area (Å²) in [6.07, 6.45) is 2.52. The molecule has 1 fully saturated rings. The van der Waals surface area contributed by atoms with Crippen molar-refractivity contribution in [3.8, 4) is 0 Å². The summed E-state index contributed by atoms with van der Waals surface area (Å²) in [5.74, 6) is 1.94. The highest BCUT2D eigenvalue weighted by atomic mass is 15.3. The molecular weight excluding hydrogens is 266 g/mol. The second-order valence-corrected chi connectivity index (χ2v) is 5.51. The molecule has 1 aromatic rings. The minimum atomic E-state index is 0.581. The molecule has 0 aromatic carbocycles. The van der Waals surface area contributed by atoms with Gasteiger partial charge in [0.1, 0.15) is 0 Å². The number of likely N-dealkylation sites (tertiary alicyclic amines) is 1. The molecule has 7 heteroatoms. The summed E-state index contributed by atoms with van der Waals surface area (Å²) in [5, 5.41) is 6.53. The van der Waals surface area contributed by atoms with E-state index in [0.717, 1.165) is 19.6 Å². The van der Waals surface area contributed by atoms with Crippen LogP contribution in [0.4, 0.5) is 17.8 Å². The number of hydrogen-bond acceptors (Lipinski definition) is 7. The largest absolute Gasteiger partial charge is 0.354 e. The van der Waals surface area contributed by atoms with E-state index in [2.05, 4.69) is 37.4 Å². The van der Waals surface area contributed by atoms with Crippen molar-refractivity contribution in [3.63, 3.8) is 0 Å². The Kier molecular flexibility index (Phi) is 5.55. The molecule has 0 radical (unpaired) electrons. The average molecular weight is 293 g/mol. The Morgan fingerprint density at radius 2 is 1.86 bits per heavy atom. The molecule has 21 heavy (non-hydrogen) atoms. The van der Waals surface area contributed by atoms with Crippen LogP contribution in [0, 0.1) is 0 Å². The Balaban J connectivity index is 2.04. The smallest absolute Gasteiger partial charge is 0.231 e. The van der Waals surface area contributed by atoms with Gasteiger partial charge in [-0.3, -0.25) is 4.90 Å². The molecule has 0 saturated carbocycles. The number of anilines is 3. The van der Waals surface area contributed by atoms with Crippen molar-refractivity contribution in [2.45, 2.75) is 32.7 Å². The SMILES string of the molecule is CCNc1nc(NCC2CCCN2CC)nc(N(C)C)n1. The van der Waals surface area contributed by atoms with Crippen LogP contribution in [0.15, 0.2) is 0 Å². The van der Waals surface area contributed by atoms with Crippen molar-refractivity contribution < 1.29 is 0 Å². The Morgan fingerprint density at radius 1 is 1.14 bits per heavy atom. The van der Waals surface area contributed by atoms with Crippen molar-refractivity contribution in [2.24, 2.45) is 0 Å². The van der Waals surface area contributed by atoms with E-state index in [1.165, 1.54) is 19.4 Å². The standard InChI is InChI=1S/C14H27N7/c1-5-15-12-17-13(19-14(18-12)20(3)4)16-10-11-8-7-9-21(11)6-2/h11H,5-10H2,1-4H3,(H2,15,16,17,18,19). The Hall–Kier alpha value is -1.63. The number of likely N-dealkylation sites (N-methyl/N-ethyl adjacent to an activating group) is 1. The summed E-state index contributed by atoms with van der Waals surface area (Å²) in [6, 6.07) is 0.581. The van der Waals surface area contributed by atoms with E-state index in [9.17, 15) is 0 Å². The molecule has 118 valence electrons. The number of rotatable bonds is 7. The highest BCUT2D eigenvalue weighted by Gasteiger charge is 2.22. The molecule has 2 N–H and O–H groups in total. The van der Waals surface area contributed by atoms with E-state index in [0.29, 0.717) is 23.9 Å². The van der Waals surface area contributed by atoms with Crippen molar-refractivity contribution >= 4 is 17.8 Å². The molecule has 1 saturated heterocycles. The van der Waals surface area contributed by atoms with Gasteiger partial charge >= 0.3 is 0 Å². The van der Waals surface area contributed by atoms with Crippen molar-refractivity contribution in [2.75, 3.05) is 55.8 Å². The lowest BCUT2D eigenvalue weighted by molar-refractivity contribution is 0.277. The quantitative estimate of drug-likeness (QED) is 0.784. The lowest BCUT2D eigenvalue weighted by atomic mass is 10.2. The normalized spacial score (nSPS) is 18.8. The van der Waals surface area contributed by atoms with Gasteiger partial charge in [-0.1, -0.05) is 6.92 Å². The summed E-state index contributed by atoms with van der Waals surface area (Å²) in [4.78, 5) is 17.7. The zero-order chi connectivity index (χ0) is 15.2. The van der Waals surface area contributed by atoms with Gasteiger partial charge < -0.3 is 15.5 Å². The maximum absolute atomic E-state index is 4.46. The average Bonchev–Trinajstić information content (AvgIpc) is 2.92. The minimum Gasteiger partial charge on any atom is -0.354 e. The molecule has 0 aliphatic carbocycles. The third-order valence-corrected chi connectivity index (χ3v) is 3.76. The predicted octanol–water partition coefficient (Wildman–Crippen LogP) is 1.27. The van der Waals surface area contributed by atoms with Gasteiger partial charge in [0.25, 0.3) is 0 Å². The fraction of sp³-hybridized carbons (Fsp3) is 0.786. The van der Waals surface area contributed by atoms with E-state index in [1.54, 1.807) is 0 Å². The molecule has 1 aromatic heterocycles. The molecule has 1 atom stereocenters. The van der Waals surface area contributed by atoms with Gasteiger partial charge in [0.15, 0.2) is 0 Å². The summed E-state index contributed by atoms with van der Waals surface area (Å²) in [5.41, 5.74) is 0. The molecule has 0 spiro atoms. The monoisotopic (exact) mass is 293 g/mol. The minimum absolute atomic E-state index is 0.581.